The minimum atomic E-state index is -4.58. The summed E-state index contributed by atoms with van der Waals surface area (Å²) >= 11 is 21.1. The Morgan fingerprint density at radius 2 is 1.63 bits per heavy atom. The van der Waals surface area contributed by atoms with Crippen LogP contribution in [-0.2, 0) is 5.54 Å². The average Bonchev–Trinajstić information content (AvgIpc) is 3.57. The molecule has 0 spiro atoms. The monoisotopic (exact) mass is 601 g/mol. The Labute approximate surface area is 224 Å². The van der Waals surface area contributed by atoms with Crippen LogP contribution in [0.3, 0.4) is 0 Å². The van der Waals surface area contributed by atoms with Gasteiger partial charge >= 0.3 is 6.18 Å². The van der Waals surface area contributed by atoms with Crippen LogP contribution in [0.5, 0.6) is 0 Å². The van der Waals surface area contributed by atoms with Crippen LogP contribution >= 0.6 is 50.7 Å². The Morgan fingerprint density at radius 1 is 1.00 bits per heavy atom. The largest absolute Gasteiger partial charge is 0.399 e. The Hall–Kier alpha value is -1.99. The molecule has 0 aliphatic heterocycles. The van der Waals surface area contributed by atoms with Gasteiger partial charge in [-0.25, -0.2) is 0 Å². The summed E-state index contributed by atoms with van der Waals surface area (Å²) in [6, 6.07) is 16.8. The zero-order chi connectivity index (χ0) is 25.4. The number of alkyl halides is 3. The first-order valence-corrected chi connectivity index (χ1v) is 12.5. The lowest BCUT2D eigenvalue weighted by molar-refractivity contribution is -0.139. The number of amides is 1. The molecule has 1 saturated carbocycles. The van der Waals surface area contributed by atoms with Crippen LogP contribution in [0.25, 0.3) is 6.08 Å². The molecule has 1 aliphatic rings. The van der Waals surface area contributed by atoms with Gasteiger partial charge in [-0.15, -0.1) is 0 Å². The number of halogens is 7. The number of carbonyl (C=O) groups excluding carboxylic acids is 1. The molecule has 0 aromatic heterocycles. The van der Waals surface area contributed by atoms with Gasteiger partial charge in [0.25, 0.3) is 5.91 Å². The number of nitrogens with one attached hydrogen (secondary N) is 1. The molecule has 0 bridgehead atoms. The number of carbonyl (C=O) groups is 1. The molecule has 0 saturated heterocycles. The van der Waals surface area contributed by atoms with E-state index < -0.39 is 12.1 Å². The van der Waals surface area contributed by atoms with Crippen molar-refractivity contribution < 1.29 is 18.0 Å². The number of benzene rings is 3. The average molecular weight is 604 g/mol. The van der Waals surface area contributed by atoms with Gasteiger partial charge in [-0.2, -0.15) is 13.2 Å². The standard InChI is InChI=1S/C26H18BrCl3F3NO/c27-20-12-15(7-9-19(26(31,32)33)16-13-21(28)23(30)22(29)14-16)6-8-18(20)24(35)34-25(10-11-25)17-4-2-1-3-5-17/h1-9,12-14,19H,10-11H2,(H,34,35)/b9-7+. The van der Waals surface area contributed by atoms with Crippen LogP contribution < -0.4 is 5.32 Å². The van der Waals surface area contributed by atoms with Crippen molar-refractivity contribution in [2.45, 2.75) is 30.5 Å². The molecule has 4 rings (SSSR count). The van der Waals surface area contributed by atoms with Crippen molar-refractivity contribution in [3.8, 4) is 0 Å². The molecular formula is C26H18BrCl3F3NO. The van der Waals surface area contributed by atoms with Crippen molar-refractivity contribution in [2.75, 3.05) is 0 Å². The van der Waals surface area contributed by atoms with Crippen LogP contribution in [0, 0.1) is 0 Å². The van der Waals surface area contributed by atoms with Gasteiger partial charge in [0.05, 0.1) is 32.1 Å². The van der Waals surface area contributed by atoms with Gasteiger partial charge in [0.2, 0.25) is 0 Å². The van der Waals surface area contributed by atoms with Crippen molar-refractivity contribution in [1.82, 2.24) is 5.32 Å². The maximum atomic E-state index is 13.8. The van der Waals surface area contributed by atoms with Crippen molar-refractivity contribution >= 4 is 62.7 Å². The fraction of sp³-hybridized carbons (Fsp3) is 0.192. The Bertz CT molecular complexity index is 1270. The van der Waals surface area contributed by atoms with E-state index in [1.165, 1.54) is 6.08 Å². The van der Waals surface area contributed by atoms with Gasteiger partial charge in [-0.1, -0.05) is 83.4 Å². The highest BCUT2D eigenvalue weighted by Crippen LogP contribution is 2.46. The first-order valence-electron chi connectivity index (χ1n) is 10.6. The Balaban J connectivity index is 1.55. The van der Waals surface area contributed by atoms with E-state index in [2.05, 4.69) is 21.2 Å². The molecule has 1 fully saturated rings. The molecule has 1 amide bonds. The van der Waals surface area contributed by atoms with Crippen LogP contribution in [0.15, 0.2) is 71.2 Å². The lowest BCUT2D eigenvalue weighted by Gasteiger charge is -2.19. The SMILES string of the molecule is O=C(NC1(c2ccccc2)CC1)c1ccc(/C=C/C(c2cc(Cl)c(Cl)c(Cl)c2)C(F)(F)F)cc1Br. The fourth-order valence-electron chi connectivity index (χ4n) is 3.84. The maximum Gasteiger partial charge on any atom is 0.399 e. The van der Waals surface area contributed by atoms with E-state index in [9.17, 15) is 18.0 Å². The molecular weight excluding hydrogens is 586 g/mol. The second kappa shape index (κ2) is 10.2. The van der Waals surface area contributed by atoms with E-state index in [1.807, 2.05) is 30.3 Å². The van der Waals surface area contributed by atoms with Crippen molar-refractivity contribution in [3.63, 3.8) is 0 Å². The molecule has 9 heteroatoms. The van der Waals surface area contributed by atoms with Crippen molar-refractivity contribution in [2.24, 2.45) is 0 Å². The van der Waals surface area contributed by atoms with Crippen LogP contribution in [0.4, 0.5) is 13.2 Å². The zero-order valence-corrected chi connectivity index (χ0v) is 21.8. The Kier molecular flexibility index (Phi) is 7.58. The number of allylic oxidation sites excluding steroid dienone is 1. The predicted octanol–water partition coefficient (Wildman–Crippen LogP) is 9.19. The summed E-state index contributed by atoms with van der Waals surface area (Å²) in [5, 5.41) is 2.98. The predicted molar refractivity (Wildman–Crippen MR) is 138 cm³/mol. The van der Waals surface area contributed by atoms with Gasteiger partial charge in [0, 0.05) is 4.47 Å². The summed E-state index contributed by atoms with van der Waals surface area (Å²) < 4.78 is 41.9. The summed E-state index contributed by atoms with van der Waals surface area (Å²) in [7, 11) is 0. The molecule has 2 nitrogen and oxygen atoms in total. The number of rotatable bonds is 6. The quantitative estimate of drug-likeness (QED) is 0.280. The van der Waals surface area contributed by atoms with E-state index >= 15 is 0 Å². The highest BCUT2D eigenvalue weighted by molar-refractivity contribution is 9.10. The second-order valence-corrected chi connectivity index (χ2v) is 10.4. The van der Waals surface area contributed by atoms with E-state index in [0.29, 0.717) is 15.6 Å². The minimum Gasteiger partial charge on any atom is -0.342 e. The third kappa shape index (κ3) is 5.88. The molecule has 1 aliphatic carbocycles. The number of hydrogen-bond donors (Lipinski definition) is 1. The van der Waals surface area contributed by atoms with Crippen LogP contribution in [0.2, 0.25) is 15.1 Å². The van der Waals surface area contributed by atoms with E-state index in [1.54, 1.807) is 18.2 Å². The van der Waals surface area contributed by atoms with Gasteiger partial charge in [-0.3, -0.25) is 4.79 Å². The molecule has 0 radical (unpaired) electrons. The normalized spacial score (nSPS) is 15.7. The summed E-state index contributed by atoms with van der Waals surface area (Å²) in [6.07, 6.45) is -0.527. The summed E-state index contributed by atoms with van der Waals surface area (Å²) in [6.45, 7) is 0. The smallest absolute Gasteiger partial charge is 0.342 e. The van der Waals surface area contributed by atoms with Gasteiger partial charge in [0.1, 0.15) is 0 Å². The topological polar surface area (TPSA) is 29.1 Å². The van der Waals surface area contributed by atoms with Gasteiger partial charge in [0.15, 0.2) is 0 Å². The summed E-state index contributed by atoms with van der Waals surface area (Å²) in [5.74, 6) is -2.20. The van der Waals surface area contributed by atoms with Crippen LogP contribution in [-0.4, -0.2) is 12.1 Å². The second-order valence-electron chi connectivity index (χ2n) is 8.32. The highest BCUT2D eigenvalue weighted by atomic mass is 79.9. The minimum absolute atomic E-state index is 0.0000234. The molecule has 3 aromatic carbocycles. The van der Waals surface area contributed by atoms with Crippen LogP contribution in [0.1, 0.15) is 45.8 Å². The van der Waals surface area contributed by atoms with Gasteiger partial charge < -0.3 is 5.32 Å². The first kappa shape index (κ1) is 26.1. The molecule has 0 heterocycles. The fourth-order valence-corrected chi connectivity index (χ4v) is 5.03. The van der Waals surface area contributed by atoms with E-state index in [4.69, 9.17) is 34.8 Å². The lowest BCUT2D eigenvalue weighted by atomic mass is 9.97. The number of hydrogen-bond acceptors (Lipinski definition) is 1. The molecule has 1 atom stereocenters. The molecule has 182 valence electrons. The zero-order valence-electron chi connectivity index (χ0n) is 18.0. The summed E-state index contributed by atoms with van der Waals surface area (Å²) in [4.78, 5) is 12.9. The third-order valence-electron chi connectivity index (χ3n) is 5.87. The first-order chi connectivity index (χ1) is 16.5. The Morgan fingerprint density at radius 3 is 2.17 bits per heavy atom. The van der Waals surface area contributed by atoms with Crippen molar-refractivity contribution in [1.29, 1.82) is 0 Å². The molecule has 1 unspecified atom stereocenters. The van der Waals surface area contributed by atoms with E-state index in [0.717, 1.165) is 36.6 Å². The lowest BCUT2D eigenvalue weighted by Crippen LogP contribution is -2.35. The highest BCUT2D eigenvalue weighted by Gasteiger charge is 2.45. The van der Waals surface area contributed by atoms with E-state index in [-0.39, 0.29) is 32.1 Å². The maximum absolute atomic E-state index is 13.8. The third-order valence-corrected chi connectivity index (χ3v) is 7.72. The summed E-state index contributed by atoms with van der Waals surface area (Å²) in [5.41, 5.74) is 1.42. The van der Waals surface area contributed by atoms with Gasteiger partial charge in [-0.05, 0) is 69.7 Å². The molecule has 35 heavy (non-hydrogen) atoms. The van der Waals surface area contributed by atoms with Crippen molar-refractivity contribution in [3.05, 3.63) is 109 Å². The molecule has 1 N–H and O–H groups in total. The molecule has 3 aromatic rings.